The van der Waals surface area contributed by atoms with E-state index in [2.05, 4.69) is 12.6 Å². The Morgan fingerprint density at radius 3 is 2.71 bits per heavy atom. The second kappa shape index (κ2) is 4.36. The van der Waals surface area contributed by atoms with Crippen LogP contribution in [0, 0.1) is 11.3 Å². The summed E-state index contributed by atoms with van der Waals surface area (Å²) >= 11 is 9.67. The molecule has 0 saturated heterocycles. The first kappa shape index (κ1) is 10.9. The van der Waals surface area contributed by atoms with Crippen molar-refractivity contribution in [2.75, 3.05) is 0 Å². The topological polar surface area (TPSA) is 61.1 Å². The van der Waals surface area contributed by atoms with Crippen LogP contribution in [0.15, 0.2) is 17.0 Å². The number of hydrogen-bond donors (Lipinski definition) is 2. The Bertz CT molecular complexity index is 426. The molecule has 1 N–H and O–H groups in total. The molecule has 0 bridgehead atoms. The van der Waals surface area contributed by atoms with Crippen molar-refractivity contribution < 1.29 is 9.90 Å². The van der Waals surface area contributed by atoms with Crippen LogP contribution in [0.1, 0.15) is 21.5 Å². The summed E-state index contributed by atoms with van der Waals surface area (Å²) < 4.78 is 0. The maximum Gasteiger partial charge on any atom is 0.335 e. The molecule has 0 spiro atoms. The second-order valence-corrected chi connectivity index (χ2v) is 3.32. The van der Waals surface area contributed by atoms with Crippen molar-refractivity contribution in [1.29, 1.82) is 5.26 Å². The first-order chi connectivity index (χ1) is 6.60. The van der Waals surface area contributed by atoms with Crippen LogP contribution in [0.25, 0.3) is 0 Å². The summed E-state index contributed by atoms with van der Waals surface area (Å²) in [5.41, 5.74) is 0.854. The van der Waals surface area contributed by atoms with Crippen molar-refractivity contribution >= 4 is 30.2 Å². The van der Waals surface area contributed by atoms with Gasteiger partial charge in [-0.15, -0.1) is 24.2 Å². The van der Waals surface area contributed by atoms with E-state index < -0.39 is 5.97 Å². The predicted molar refractivity (Wildman–Crippen MR) is 54.9 cm³/mol. The highest BCUT2D eigenvalue weighted by atomic mass is 35.5. The molecule has 0 aliphatic heterocycles. The summed E-state index contributed by atoms with van der Waals surface area (Å²) in [5, 5.41) is 17.5. The number of nitriles is 1. The molecule has 72 valence electrons. The molecular formula is C9H6ClNO2S. The first-order valence-corrected chi connectivity index (χ1v) is 4.63. The van der Waals surface area contributed by atoms with Gasteiger partial charge in [0.1, 0.15) is 0 Å². The molecule has 0 aliphatic rings. The number of carbonyl (C=O) groups is 1. The van der Waals surface area contributed by atoms with Gasteiger partial charge >= 0.3 is 5.97 Å². The largest absolute Gasteiger partial charge is 0.478 e. The number of benzene rings is 1. The number of hydrogen-bond acceptors (Lipinski definition) is 3. The van der Waals surface area contributed by atoms with Crippen molar-refractivity contribution in [3.05, 3.63) is 28.8 Å². The summed E-state index contributed by atoms with van der Waals surface area (Å²) in [6.45, 7) is 0. The predicted octanol–water partition coefficient (Wildman–Crippen LogP) is 2.28. The van der Waals surface area contributed by atoms with E-state index in [1.54, 1.807) is 0 Å². The Morgan fingerprint density at radius 1 is 1.64 bits per heavy atom. The Morgan fingerprint density at radius 2 is 2.29 bits per heavy atom. The molecule has 0 saturated carbocycles. The van der Waals surface area contributed by atoms with E-state index in [0.717, 1.165) is 0 Å². The van der Waals surface area contributed by atoms with Crippen LogP contribution in [-0.2, 0) is 5.88 Å². The lowest BCUT2D eigenvalue weighted by Gasteiger charge is -2.04. The van der Waals surface area contributed by atoms with E-state index in [1.165, 1.54) is 12.1 Å². The van der Waals surface area contributed by atoms with Crippen LogP contribution in [0.5, 0.6) is 0 Å². The van der Waals surface area contributed by atoms with Gasteiger partial charge in [-0.3, -0.25) is 0 Å². The minimum Gasteiger partial charge on any atom is -0.478 e. The molecule has 0 fully saturated rings. The molecule has 0 radical (unpaired) electrons. The fourth-order valence-corrected chi connectivity index (χ4v) is 1.74. The molecule has 1 aromatic carbocycles. The fraction of sp³-hybridized carbons (Fsp3) is 0.111. The third-order valence-electron chi connectivity index (χ3n) is 1.73. The lowest BCUT2D eigenvalue weighted by Crippen LogP contribution is -1.99. The summed E-state index contributed by atoms with van der Waals surface area (Å²) in [5.74, 6) is -0.945. The zero-order valence-corrected chi connectivity index (χ0v) is 8.64. The molecule has 1 rings (SSSR count). The number of rotatable bonds is 2. The zero-order chi connectivity index (χ0) is 10.7. The first-order valence-electron chi connectivity index (χ1n) is 3.65. The Hall–Kier alpha value is -1.18. The van der Waals surface area contributed by atoms with Crippen molar-refractivity contribution in [3.63, 3.8) is 0 Å². The Balaban J connectivity index is 3.41. The van der Waals surface area contributed by atoms with Crippen molar-refractivity contribution in [2.24, 2.45) is 0 Å². The third kappa shape index (κ3) is 2.00. The van der Waals surface area contributed by atoms with Crippen molar-refractivity contribution in [3.8, 4) is 6.07 Å². The van der Waals surface area contributed by atoms with Gasteiger partial charge in [0.15, 0.2) is 0 Å². The van der Waals surface area contributed by atoms with Crippen LogP contribution < -0.4 is 0 Å². The van der Waals surface area contributed by atoms with E-state index >= 15 is 0 Å². The molecule has 5 heteroatoms. The monoisotopic (exact) mass is 227 g/mol. The maximum absolute atomic E-state index is 10.6. The summed E-state index contributed by atoms with van der Waals surface area (Å²) in [4.78, 5) is 11.1. The van der Waals surface area contributed by atoms with Gasteiger partial charge in [0.25, 0.3) is 0 Å². The summed E-state index contributed by atoms with van der Waals surface area (Å²) in [7, 11) is 0. The van der Waals surface area contributed by atoms with Crippen molar-refractivity contribution in [2.45, 2.75) is 10.8 Å². The molecule has 14 heavy (non-hydrogen) atoms. The number of halogens is 1. The van der Waals surface area contributed by atoms with Gasteiger partial charge in [-0.25, -0.2) is 4.79 Å². The van der Waals surface area contributed by atoms with Gasteiger partial charge in [0.2, 0.25) is 0 Å². The molecule has 0 aliphatic carbocycles. The van der Waals surface area contributed by atoms with Gasteiger partial charge in [0, 0.05) is 10.8 Å². The lowest BCUT2D eigenvalue weighted by molar-refractivity contribution is 0.0696. The molecule has 0 amide bonds. The fourth-order valence-electron chi connectivity index (χ4n) is 1.02. The average Bonchev–Trinajstić information content (AvgIpc) is 2.16. The van der Waals surface area contributed by atoms with Gasteiger partial charge in [0.05, 0.1) is 17.2 Å². The molecule has 0 heterocycles. The number of carboxylic acids is 1. The SMILES string of the molecule is N#Cc1cc(C(=O)O)cc(S)c1CCl. The Kier molecular flexibility index (Phi) is 3.39. The Labute approximate surface area is 91.3 Å². The molecule has 0 atom stereocenters. The van der Waals surface area contributed by atoms with Gasteiger partial charge in [-0.1, -0.05) is 0 Å². The smallest absolute Gasteiger partial charge is 0.335 e. The van der Waals surface area contributed by atoms with Crippen molar-refractivity contribution in [1.82, 2.24) is 0 Å². The van der Waals surface area contributed by atoms with Crippen LogP contribution in [0.2, 0.25) is 0 Å². The number of alkyl halides is 1. The highest BCUT2D eigenvalue weighted by Gasteiger charge is 2.11. The molecule has 3 nitrogen and oxygen atoms in total. The lowest BCUT2D eigenvalue weighted by atomic mass is 10.1. The highest BCUT2D eigenvalue weighted by molar-refractivity contribution is 7.80. The third-order valence-corrected chi connectivity index (χ3v) is 2.39. The molecule has 0 aromatic heterocycles. The number of carboxylic acid groups (broad SMARTS) is 1. The van der Waals surface area contributed by atoms with E-state index in [0.29, 0.717) is 10.5 Å². The van der Waals surface area contributed by atoms with Gasteiger partial charge in [-0.05, 0) is 17.7 Å². The van der Waals surface area contributed by atoms with Crippen LogP contribution >= 0.6 is 24.2 Å². The maximum atomic E-state index is 10.6. The standard InChI is InChI=1S/C9H6ClNO2S/c10-3-7-6(4-11)1-5(9(12)13)2-8(7)14/h1-2,14H,3H2,(H,12,13). The molecule has 0 unspecified atom stereocenters. The summed E-state index contributed by atoms with van der Waals surface area (Å²) in [6.07, 6.45) is 0. The average molecular weight is 228 g/mol. The number of thiol groups is 1. The number of nitrogens with zero attached hydrogens (tertiary/aromatic N) is 1. The minimum atomic E-state index is -1.09. The van der Waals surface area contributed by atoms with Crippen LogP contribution in [0.3, 0.4) is 0 Å². The van der Waals surface area contributed by atoms with E-state index in [-0.39, 0.29) is 17.0 Å². The zero-order valence-electron chi connectivity index (χ0n) is 6.99. The van der Waals surface area contributed by atoms with E-state index in [1.807, 2.05) is 6.07 Å². The highest BCUT2D eigenvalue weighted by Crippen LogP contribution is 2.22. The van der Waals surface area contributed by atoms with E-state index in [4.69, 9.17) is 22.0 Å². The second-order valence-electron chi connectivity index (χ2n) is 2.57. The molecule has 1 aromatic rings. The minimum absolute atomic E-state index is 0.0421. The van der Waals surface area contributed by atoms with Crippen LogP contribution in [-0.4, -0.2) is 11.1 Å². The molecular weight excluding hydrogens is 222 g/mol. The normalized spacial score (nSPS) is 9.50. The number of aromatic carboxylic acids is 1. The van der Waals surface area contributed by atoms with E-state index in [9.17, 15) is 4.79 Å². The van der Waals surface area contributed by atoms with Crippen LogP contribution in [0.4, 0.5) is 0 Å². The summed E-state index contributed by atoms with van der Waals surface area (Å²) in [6, 6.07) is 4.56. The van der Waals surface area contributed by atoms with Gasteiger partial charge < -0.3 is 5.11 Å². The quantitative estimate of drug-likeness (QED) is 0.602. The van der Waals surface area contributed by atoms with Gasteiger partial charge in [-0.2, -0.15) is 5.26 Å².